The third-order valence-corrected chi connectivity index (χ3v) is 4.18. The number of amides is 1. The van der Waals surface area contributed by atoms with E-state index in [4.69, 9.17) is 4.79 Å². The van der Waals surface area contributed by atoms with Crippen molar-refractivity contribution in [2.75, 3.05) is 0 Å². The van der Waals surface area contributed by atoms with E-state index >= 15 is 0 Å². The number of aromatic nitrogens is 3. The Bertz CT molecular complexity index is 1190. The lowest BCUT2D eigenvalue weighted by Crippen LogP contribution is -1.99. The molecule has 0 aliphatic rings. The van der Waals surface area contributed by atoms with Gasteiger partial charge in [0.15, 0.2) is 5.78 Å². The van der Waals surface area contributed by atoms with E-state index in [2.05, 4.69) is 20.7 Å². The van der Waals surface area contributed by atoms with Crippen LogP contribution in [0.5, 0.6) is 0 Å². The first-order valence-corrected chi connectivity index (χ1v) is 8.47. The van der Waals surface area contributed by atoms with Crippen molar-refractivity contribution in [1.82, 2.24) is 15.0 Å². The molecular formula is C21H18N4O3. The minimum absolute atomic E-state index is 0.0345. The fourth-order valence-electron chi connectivity index (χ4n) is 2.85. The van der Waals surface area contributed by atoms with Gasteiger partial charge in [0, 0.05) is 22.9 Å². The van der Waals surface area contributed by atoms with Gasteiger partial charge >= 0.3 is 5.69 Å². The van der Waals surface area contributed by atoms with Gasteiger partial charge in [-0.25, -0.2) is 4.79 Å². The number of hydrogen-bond acceptors (Lipinski definition) is 4. The molecule has 0 aliphatic carbocycles. The van der Waals surface area contributed by atoms with Crippen LogP contribution in [0.2, 0.25) is 0 Å². The molecule has 0 fully saturated rings. The van der Waals surface area contributed by atoms with Crippen LogP contribution in [-0.2, 0) is 4.79 Å². The van der Waals surface area contributed by atoms with E-state index in [0.29, 0.717) is 5.56 Å². The zero-order chi connectivity index (χ0) is 20.1. The lowest BCUT2D eigenvalue weighted by atomic mass is 10.0. The van der Waals surface area contributed by atoms with Gasteiger partial charge in [-0.3, -0.25) is 14.6 Å². The highest BCUT2D eigenvalue weighted by Gasteiger charge is 2.06. The van der Waals surface area contributed by atoms with Crippen LogP contribution in [0.25, 0.3) is 33.4 Å². The summed E-state index contributed by atoms with van der Waals surface area (Å²) >= 11 is 0. The molecule has 0 bridgehead atoms. The first-order chi connectivity index (χ1) is 13.5. The number of pyridine rings is 1. The predicted octanol–water partition coefficient (Wildman–Crippen LogP) is 2.89. The molecule has 1 amide bonds. The molecule has 0 saturated carbocycles. The average Bonchev–Trinajstić information content (AvgIpc) is 3.08. The van der Waals surface area contributed by atoms with Crippen LogP contribution in [0.4, 0.5) is 0 Å². The molecule has 2 aromatic heterocycles. The highest BCUT2D eigenvalue weighted by atomic mass is 16.1. The molecule has 0 spiro atoms. The molecule has 0 atom stereocenters. The molecule has 7 nitrogen and oxygen atoms in total. The van der Waals surface area contributed by atoms with Crippen LogP contribution in [0, 0.1) is 0 Å². The number of fused-ring (bicyclic) bond motifs is 1. The number of nitrogens with one attached hydrogen (secondary N) is 2. The monoisotopic (exact) mass is 374 g/mol. The SMILES string of the molecule is CC(=O)c1cccc(-c2ccc(-c3ccc4[nH]c(=O)[nH]c4c3)cn2)c1.NC=O. The highest BCUT2D eigenvalue weighted by Crippen LogP contribution is 2.25. The van der Waals surface area contributed by atoms with E-state index in [1.165, 1.54) is 0 Å². The van der Waals surface area contributed by atoms with Crippen molar-refractivity contribution in [3.05, 3.63) is 76.8 Å². The lowest BCUT2D eigenvalue weighted by Gasteiger charge is -2.05. The van der Waals surface area contributed by atoms with Crippen LogP contribution >= 0.6 is 0 Å². The van der Waals surface area contributed by atoms with Crippen LogP contribution in [0.1, 0.15) is 17.3 Å². The summed E-state index contributed by atoms with van der Waals surface area (Å²) in [6.45, 7) is 1.55. The number of carbonyl (C=O) groups is 2. The summed E-state index contributed by atoms with van der Waals surface area (Å²) in [5.41, 5.74) is 9.80. The van der Waals surface area contributed by atoms with Gasteiger partial charge in [0.1, 0.15) is 0 Å². The minimum atomic E-state index is -0.217. The second kappa shape index (κ2) is 8.13. The zero-order valence-corrected chi connectivity index (χ0v) is 15.1. The van der Waals surface area contributed by atoms with Gasteiger partial charge in [-0.2, -0.15) is 0 Å². The van der Waals surface area contributed by atoms with Crippen LogP contribution in [-0.4, -0.2) is 27.1 Å². The fourth-order valence-corrected chi connectivity index (χ4v) is 2.85. The van der Waals surface area contributed by atoms with E-state index in [1.54, 1.807) is 19.2 Å². The summed E-state index contributed by atoms with van der Waals surface area (Å²) < 4.78 is 0. The summed E-state index contributed by atoms with van der Waals surface area (Å²) in [6.07, 6.45) is 2.04. The number of hydrogen-bond donors (Lipinski definition) is 3. The number of aromatic amines is 2. The van der Waals surface area contributed by atoms with Gasteiger partial charge in [0.2, 0.25) is 6.41 Å². The summed E-state index contributed by atoms with van der Waals surface area (Å²) in [7, 11) is 0. The van der Waals surface area contributed by atoms with Gasteiger partial charge in [-0.1, -0.05) is 30.3 Å². The number of carbonyl (C=O) groups excluding carboxylic acids is 2. The van der Waals surface area contributed by atoms with Crippen LogP contribution in [0.3, 0.4) is 0 Å². The van der Waals surface area contributed by atoms with E-state index in [-0.39, 0.29) is 17.9 Å². The normalized spacial score (nSPS) is 10.2. The van der Waals surface area contributed by atoms with Crippen molar-refractivity contribution in [1.29, 1.82) is 0 Å². The number of rotatable bonds is 3. The third-order valence-electron chi connectivity index (χ3n) is 4.18. The van der Waals surface area contributed by atoms with E-state index in [9.17, 15) is 9.59 Å². The number of primary amides is 1. The van der Waals surface area contributed by atoms with Gasteiger partial charge in [-0.15, -0.1) is 0 Å². The van der Waals surface area contributed by atoms with Crippen LogP contribution < -0.4 is 11.4 Å². The van der Waals surface area contributed by atoms with E-state index in [0.717, 1.165) is 33.4 Å². The molecule has 4 aromatic rings. The fraction of sp³-hybridized carbons (Fsp3) is 0.0476. The largest absolute Gasteiger partial charge is 0.372 e. The van der Waals surface area contributed by atoms with Crippen LogP contribution in [0.15, 0.2) is 65.6 Å². The van der Waals surface area contributed by atoms with Gasteiger partial charge in [0.25, 0.3) is 0 Å². The molecule has 7 heteroatoms. The Morgan fingerprint density at radius 2 is 1.68 bits per heavy atom. The Hall–Kier alpha value is -4.00. The molecule has 2 aromatic carbocycles. The highest BCUT2D eigenvalue weighted by molar-refractivity contribution is 5.95. The second-order valence-electron chi connectivity index (χ2n) is 6.04. The Morgan fingerprint density at radius 3 is 2.36 bits per heavy atom. The smallest absolute Gasteiger partial charge is 0.323 e. The van der Waals surface area contributed by atoms with Crippen molar-refractivity contribution in [2.45, 2.75) is 6.92 Å². The molecule has 4 N–H and O–H groups in total. The molecule has 140 valence electrons. The standard InChI is InChI=1S/C20H15N3O2.CH3NO/c1-12(24)13-3-2-4-15(9-13)17-7-6-16(11-21-17)14-5-8-18-19(10-14)23-20(25)22-18;2-1-3/h2-11H,1H3,(H2,22,23,25);1H,(H2,2,3). The maximum absolute atomic E-state index is 11.5. The molecule has 0 aliphatic heterocycles. The van der Waals surface area contributed by atoms with E-state index < -0.39 is 0 Å². The Labute approximate surface area is 160 Å². The van der Waals surface area contributed by atoms with Crippen molar-refractivity contribution in [3.63, 3.8) is 0 Å². The van der Waals surface area contributed by atoms with Gasteiger partial charge in [-0.05, 0) is 36.8 Å². The topological polar surface area (TPSA) is 122 Å². The minimum Gasteiger partial charge on any atom is -0.372 e. The molecule has 0 unspecified atom stereocenters. The van der Waals surface area contributed by atoms with Gasteiger partial charge in [0.05, 0.1) is 16.7 Å². The molecule has 4 rings (SSSR count). The summed E-state index contributed by atoms with van der Waals surface area (Å²) in [5, 5.41) is 0. The first-order valence-electron chi connectivity index (χ1n) is 8.47. The average molecular weight is 374 g/mol. The number of nitrogens with two attached hydrogens (primary N) is 1. The number of imidazole rings is 1. The second-order valence-corrected chi connectivity index (χ2v) is 6.04. The number of Topliss-reactive ketones (excluding diaryl/α,β-unsaturated/α-hetero) is 1. The molecule has 2 heterocycles. The zero-order valence-electron chi connectivity index (χ0n) is 15.1. The summed E-state index contributed by atoms with van der Waals surface area (Å²) in [6, 6.07) is 17.1. The quantitative estimate of drug-likeness (QED) is 0.377. The number of benzene rings is 2. The Balaban J connectivity index is 0.000000706. The molecular weight excluding hydrogens is 356 g/mol. The maximum atomic E-state index is 11.5. The Kier molecular flexibility index (Phi) is 5.45. The Morgan fingerprint density at radius 1 is 0.964 bits per heavy atom. The number of nitrogens with zero attached hydrogens (tertiary/aromatic N) is 1. The van der Waals surface area contributed by atoms with E-state index in [1.807, 2.05) is 48.5 Å². The number of H-pyrrole nitrogens is 2. The van der Waals surface area contributed by atoms with Crippen molar-refractivity contribution >= 4 is 23.2 Å². The molecule has 0 saturated heterocycles. The van der Waals surface area contributed by atoms with Crippen molar-refractivity contribution in [3.8, 4) is 22.4 Å². The lowest BCUT2D eigenvalue weighted by molar-refractivity contribution is -0.106. The molecule has 0 radical (unpaired) electrons. The molecule has 28 heavy (non-hydrogen) atoms. The van der Waals surface area contributed by atoms with Gasteiger partial charge < -0.3 is 15.7 Å². The van der Waals surface area contributed by atoms with Crippen molar-refractivity contribution in [2.24, 2.45) is 5.73 Å². The predicted molar refractivity (Wildman–Crippen MR) is 108 cm³/mol. The summed E-state index contributed by atoms with van der Waals surface area (Å²) in [4.78, 5) is 41.5. The number of ketones is 1. The van der Waals surface area contributed by atoms with Crippen molar-refractivity contribution < 1.29 is 9.59 Å². The maximum Gasteiger partial charge on any atom is 0.323 e. The summed E-state index contributed by atoms with van der Waals surface area (Å²) in [5.74, 6) is 0.0345. The third kappa shape index (κ3) is 4.04. The first kappa shape index (κ1) is 18.8.